The highest BCUT2D eigenvalue weighted by molar-refractivity contribution is 7.80. The molecule has 0 saturated carbocycles. The molecule has 2 heterocycles. The van der Waals surface area contributed by atoms with Crippen LogP contribution in [0.1, 0.15) is 62.0 Å². The number of aryl methyl sites for hydroxylation is 2. The molecule has 7 rings (SSSR count). The maximum absolute atomic E-state index is 12.9. The Labute approximate surface area is 314 Å². The van der Waals surface area contributed by atoms with Crippen LogP contribution in [0.25, 0.3) is 10.9 Å². The van der Waals surface area contributed by atoms with Gasteiger partial charge < -0.3 is 14.2 Å². The molecule has 11 heteroatoms. The SMILES string of the molecule is O=C(O)c1ccc(CCCc2c(CCN(c3nonc3Cc3ccccc3)S(=O)[O-])n(C(c3ccccc3)c3ccccc3)c3ccc(Cl)cc23)cc1. The van der Waals surface area contributed by atoms with Crippen molar-refractivity contribution in [1.82, 2.24) is 14.9 Å². The van der Waals surface area contributed by atoms with Gasteiger partial charge in [-0.25, -0.2) is 9.42 Å². The normalized spacial score (nSPS) is 12.0. The summed E-state index contributed by atoms with van der Waals surface area (Å²) in [6.45, 7) is 0.0795. The van der Waals surface area contributed by atoms with Crippen molar-refractivity contribution in [3.63, 3.8) is 0 Å². The number of halogens is 1. The summed E-state index contributed by atoms with van der Waals surface area (Å²) in [5, 5.41) is 19.1. The zero-order chi connectivity index (χ0) is 36.7. The molecule has 7 aromatic rings. The summed E-state index contributed by atoms with van der Waals surface area (Å²) in [6, 6.07) is 42.8. The third-order valence-electron chi connectivity index (χ3n) is 9.48. The van der Waals surface area contributed by atoms with Crippen molar-refractivity contribution in [3.8, 4) is 0 Å². The van der Waals surface area contributed by atoms with Crippen LogP contribution in [-0.4, -0.2) is 41.3 Å². The van der Waals surface area contributed by atoms with E-state index in [0.717, 1.165) is 57.3 Å². The quantitative estimate of drug-likeness (QED) is 0.104. The number of hydrogen-bond acceptors (Lipinski definition) is 6. The predicted molar refractivity (Wildman–Crippen MR) is 206 cm³/mol. The zero-order valence-corrected chi connectivity index (χ0v) is 30.2. The Balaban J connectivity index is 1.32. The van der Waals surface area contributed by atoms with Gasteiger partial charge in [-0.3, -0.25) is 8.51 Å². The number of carboxylic acids is 1. The molecule has 1 N–H and O–H groups in total. The lowest BCUT2D eigenvalue weighted by Crippen LogP contribution is -2.30. The average Bonchev–Trinajstić information content (AvgIpc) is 3.75. The predicted octanol–water partition coefficient (Wildman–Crippen LogP) is 8.62. The van der Waals surface area contributed by atoms with Crippen LogP contribution >= 0.6 is 11.6 Å². The lowest BCUT2D eigenvalue weighted by Gasteiger charge is -2.27. The Bertz CT molecular complexity index is 2290. The molecule has 0 aliphatic heterocycles. The van der Waals surface area contributed by atoms with Gasteiger partial charge in [0.2, 0.25) is 5.82 Å². The van der Waals surface area contributed by atoms with Gasteiger partial charge in [-0.05, 0) is 82.6 Å². The first-order valence-electron chi connectivity index (χ1n) is 17.3. The smallest absolute Gasteiger partial charge is 0.335 e. The monoisotopic (exact) mass is 743 g/mol. The van der Waals surface area contributed by atoms with Gasteiger partial charge in [0, 0.05) is 52.3 Å². The van der Waals surface area contributed by atoms with Crippen molar-refractivity contribution in [1.29, 1.82) is 0 Å². The molecule has 0 spiro atoms. The first-order valence-corrected chi connectivity index (χ1v) is 18.7. The Kier molecular flexibility index (Phi) is 11.1. The molecule has 268 valence electrons. The highest BCUT2D eigenvalue weighted by Crippen LogP contribution is 2.38. The summed E-state index contributed by atoms with van der Waals surface area (Å²) in [5.41, 5.74) is 7.82. The first kappa shape index (κ1) is 35.8. The van der Waals surface area contributed by atoms with Gasteiger partial charge in [-0.1, -0.05) is 120 Å². The van der Waals surface area contributed by atoms with Gasteiger partial charge in [-0.2, -0.15) is 0 Å². The van der Waals surface area contributed by atoms with E-state index in [0.29, 0.717) is 30.0 Å². The first-order chi connectivity index (χ1) is 25.9. The Morgan fingerprint density at radius 3 is 2.08 bits per heavy atom. The Hall–Kier alpha value is -5.55. The molecule has 0 fully saturated rings. The Morgan fingerprint density at radius 2 is 1.45 bits per heavy atom. The molecular formula is C42H36ClN4O5S-. The largest absolute Gasteiger partial charge is 0.755 e. The fraction of sp³-hybridized carbons (Fsp3) is 0.167. The van der Waals surface area contributed by atoms with E-state index in [4.69, 9.17) is 16.2 Å². The van der Waals surface area contributed by atoms with Crippen LogP contribution < -0.4 is 4.31 Å². The average molecular weight is 744 g/mol. The molecule has 0 aliphatic carbocycles. The van der Waals surface area contributed by atoms with Crippen molar-refractivity contribution in [2.75, 3.05) is 10.8 Å². The van der Waals surface area contributed by atoms with E-state index < -0.39 is 17.2 Å². The van der Waals surface area contributed by atoms with E-state index in [9.17, 15) is 18.7 Å². The van der Waals surface area contributed by atoms with E-state index >= 15 is 0 Å². The molecule has 0 radical (unpaired) electrons. The second-order valence-electron chi connectivity index (χ2n) is 12.8. The van der Waals surface area contributed by atoms with Crippen LogP contribution in [0.3, 0.4) is 0 Å². The van der Waals surface area contributed by atoms with E-state index in [1.54, 1.807) is 12.1 Å². The number of nitrogens with zero attached hydrogens (tertiary/aromatic N) is 4. The number of anilines is 1. The van der Waals surface area contributed by atoms with E-state index in [1.165, 1.54) is 4.31 Å². The van der Waals surface area contributed by atoms with Gasteiger partial charge in [-0.15, -0.1) is 0 Å². The lowest BCUT2D eigenvalue weighted by atomic mass is 9.97. The van der Waals surface area contributed by atoms with E-state index in [-0.39, 0.29) is 24.0 Å². The number of carboxylic acid groups (broad SMARTS) is 1. The van der Waals surface area contributed by atoms with Crippen molar-refractivity contribution in [2.45, 2.75) is 38.1 Å². The van der Waals surface area contributed by atoms with E-state index in [1.807, 2.05) is 97.1 Å². The molecule has 9 nitrogen and oxygen atoms in total. The van der Waals surface area contributed by atoms with Crippen LogP contribution in [-0.2, 0) is 36.9 Å². The summed E-state index contributed by atoms with van der Waals surface area (Å²) < 4.78 is 34.5. The van der Waals surface area contributed by atoms with Crippen molar-refractivity contribution in [3.05, 3.63) is 183 Å². The van der Waals surface area contributed by atoms with E-state index in [2.05, 4.69) is 39.1 Å². The molecule has 53 heavy (non-hydrogen) atoms. The number of fused-ring (bicyclic) bond motifs is 1. The minimum absolute atomic E-state index is 0.0795. The molecule has 5 aromatic carbocycles. The third-order valence-corrected chi connectivity index (χ3v) is 10.4. The molecule has 0 bridgehead atoms. The van der Waals surface area contributed by atoms with Crippen molar-refractivity contribution >= 4 is 45.6 Å². The molecule has 0 amide bonds. The summed E-state index contributed by atoms with van der Waals surface area (Å²) in [7, 11) is 0. The number of carbonyl (C=O) groups is 1. The minimum Gasteiger partial charge on any atom is -0.755 e. The van der Waals surface area contributed by atoms with Crippen LogP contribution in [0.15, 0.2) is 138 Å². The number of rotatable bonds is 15. The summed E-state index contributed by atoms with van der Waals surface area (Å²) in [4.78, 5) is 11.4. The summed E-state index contributed by atoms with van der Waals surface area (Å²) >= 11 is 4.01. The maximum atomic E-state index is 12.9. The molecule has 0 aliphatic rings. The molecule has 0 saturated heterocycles. The molecular weight excluding hydrogens is 708 g/mol. The summed E-state index contributed by atoms with van der Waals surface area (Å²) in [6.07, 6.45) is 2.85. The second kappa shape index (κ2) is 16.4. The fourth-order valence-electron chi connectivity index (χ4n) is 7.05. The van der Waals surface area contributed by atoms with Gasteiger partial charge in [0.15, 0.2) is 0 Å². The van der Waals surface area contributed by atoms with Gasteiger partial charge in [0.1, 0.15) is 5.69 Å². The highest BCUT2D eigenvalue weighted by Gasteiger charge is 2.27. The lowest BCUT2D eigenvalue weighted by molar-refractivity contribution is 0.0697. The number of hydrogen-bond donors (Lipinski definition) is 1. The molecule has 1 atom stereocenters. The van der Waals surface area contributed by atoms with Gasteiger partial charge in [0.25, 0.3) is 0 Å². The number of aromatic nitrogens is 3. The van der Waals surface area contributed by atoms with Crippen molar-refractivity contribution in [2.24, 2.45) is 0 Å². The van der Waals surface area contributed by atoms with Crippen LogP contribution in [0.5, 0.6) is 0 Å². The second-order valence-corrected chi connectivity index (χ2v) is 14.1. The minimum atomic E-state index is -2.68. The Morgan fingerprint density at radius 1 is 0.811 bits per heavy atom. The highest BCUT2D eigenvalue weighted by atomic mass is 35.5. The molecule has 2 aromatic heterocycles. The fourth-order valence-corrected chi connectivity index (χ4v) is 7.74. The summed E-state index contributed by atoms with van der Waals surface area (Å²) in [5.74, 6) is -0.805. The topological polar surface area (TPSA) is 125 Å². The third kappa shape index (κ3) is 8.10. The van der Waals surface area contributed by atoms with Crippen LogP contribution in [0, 0.1) is 0 Å². The van der Waals surface area contributed by atoms with Crippen molar-refractivity contribution < 1.29 is 23.3 Å². The maximum Gasteiger partial charge on any atom is 0.335 e. The van der Waals surface area contributed by atoms with Crippen LogP contribution in [0.4, 0.5) is 5.82 Å². The zero-order valence-electron chi connectivity index (χ0n) is 28.7. The van der Waals surface area contributed by atoms with Gasteiger partial charge >= 0.3 is 5.97 Å². The van der Waals surface area contributed by atoms with Gasteiger partial charge in [0.05, 0.1) is 11.6 Å². The number of benzene rings is 5. The van der Waals surface area contributed by atoms with Crippen LogP contribution in [0.2, 0.25) is 5.02 Å². The number of aromatic carboxylic acids is 1. The molecule has 1 unspecified atom stereocenters. The standard InChI is InChI=1S/C42H37ClN4O5S/c43-34-23-24-38-36(28-34)35(18-10-13-29-19-21-33(22-20-29)42(48)49)39(47(38)40(31-14-6-2-7-15-31)32-16-8-3-9-17-32)25-26-46(53(50)51)41-37(44-52-45-41)27-30-11-4-1-5-12-30/h1-9,11-12,14-17,19-24,28,40H,10,13,18,25-27H2,(H,48,49)(H,50,51)/p-1.